The summed E-state index contributed by atoms with van der Waals surface area (Å²) >= 11 is 0. The summed E-state index contributed by atoms with van der Waals surface area (Å²) in [6.45, 7) is 7.98. The van der Waals surface area contributed by atoms with Crippen molar-refractivity contribution in [2.75, 3.05) is 26.2 Å². The van der Waals surface area contributed by atoms with Gasteiger partial charge in [-0.3, -0.25) is 9.59 Å². The van der Waals surface area contributed by atoms with Crippen LogP contribution in [0.2, 0.25) is 0 Å². The molecule has 0 aromatic carbocycles. The number of carbonyl (C=O) groups is 2. The van der Waals surface area contributed by atoms with Crippen molar-refractivity contribution < 1.29 is 18.7 Å². The molecule has 0 N–H and O–H groups in total. The van der Waals surface area contributed by atoms with Crippen LogP contribution in [-0.4, -0.2) is 63.5 Å². The number of hydrogen-bond acceptors (Lipinski definition) is 5. The molecule has 2 aliphatic rings. The van der Waals surface area contributed by atoms with Gasteiger partial charge in [0.05, 0.1) is 19.2 Å². The monoisotopic (exact) mass is 442 g/mol. The summed E-state index contributed by atoms with van der Waals surface area (Å²) in [5.41, 5.74) is 1.37. The third kappa shape index (κ3) is 5.41. The van der Waals surface area contributed by atoms with E-state index in [1.165, 1.54) is 6.26 Å². The van der Waals surface area contributed by atoms with Crippen LogP contribution in [0.5, 0.6) is 0 Å². The smallest absolute Gasteiger partial charge is 0.275 e. The maximum atomic E-state index is 12.7. The molecule has 2 aliphatic heterocycles. The zero-order chi connectivity index (χ0) is 22.5. The van der Waals surface area contributed by atoms with Crippen molar-refractivity contribution in [2.24, 2.45) is 5.92 Å². The van der Waals surface area contributed by atoms with E-state index in [0.717, 1.165) is 51.1 Å². The molecule has 174 valence electrons. The summed E-state index contributed by atoms with van der Waals surface area (Å²) in [4.78, 5) is 33.5. The number of piperidine rings is 1. The van der Waals surface area contributed by atoms with Gasteiger partial charge >= 0.3 is 0 Å². The Labute approximate surface area is 189 Å². The van der Waals surface area contributed by atoms with Crippen molar-refractivity contribution in [2.45, 2.75) is 65.1 Å². The molecule has 8 nitrogen and oxygen atoms in total. The molecule has 4 rings (SSSR count). The first-order valence-corrected chi connectivity index (χ1v) is 11.8. The van der Waals surface area contributed by atoms with E-state index in [4.69, 9.17) is 9.15 Å². The number of amides is 2. The van der Waals surface area contributed by atoms with Gasteiger partial charge in [0.15, 0.2) is 5.69 Å². The molecule has 2 aromatic heterocycles. The highest BCUT2D eigenvalue weighted by atomic mass is 16.5. The number of carbonyl (C=O) groups excluding carboxylic acids is 2. The highest BCUT2D eigenvalue weighted by molar-refractivity contribution is 5.92. The van der Waals surface area contributed by atoms with E-state index in [1.807, 2.05) is 39.6 Å². The van der Waals surface area contributed by atoms with Gasteiger partial charge in [-0.2, -0.15) is 0 Å². The van der Waals surface area contributed by atoms with Crippen molar-refractivity contribution >= 4 is 11.8 Å². The minimum absolute atomic E-state index is 0.0593. The Hall–Kier alpha value is -2.61. The first-order chi connectivity index (χ1) is 15.5. The first kappa shape index (κ1) is 22.6. The number of rotatable bonds is 8. The molecule has 4 heterocycles. The molecular formula is C24H34N4O4. The van der Waals surface area contributed by atoms with Gasteiger partial charge in [-0.05, 0) is 43.7 Å². The lowest BCUT2D eigenvalue weighted by Crippen LogP contribution is -2.38. The third-order valence-electron chi connectivity index (χ3n) is 6.53. The Morgan fingerprint density at radius 3 is 2.78 bits per heavy atom. The second-order valence-electron chi connectivity index (χ2n) is 8.99. The van der Waals surface area contributed by atoms with Crippen LogP contribution in [0.15, 0.2) is 29.0 Å². The molecule has 0 radical (unpaired) electrons. The number of hydrogen-bond donors (Lipinski definition) is 0. The Balaban J connectivity index is 1.40. The van der Waals surface area contributed by atoms with Crippen molar-refractivity contribution in [3.05, 3.63) is 41.9 Å². The quantitative estimate of drug-likeness (QED) is 0.627. The number of aromatic nitrogens is 2. The summed E-state index contributed by atoms with van der Waals surface area (Å²) in [6, 6.07) is 3.97. The average molecular weight is 443 g/mol. The number of nitrogens with zero attached hydrogens (tertiary/aromatic N) is 4. The van der Waals surface area contributed by atoms with Crippen LogP contribution in [-0.2, 0) is 22.6 Å². The van der Waals surface area contributed by atoms with Crippen LogP contribution in [0.4, 0.5) is 0 Å². The predicted octanol–water partition coefficient (Wildman–Crippen LogP) is 3.31. The predicted molar refractivity (Wildman–Crippen MR) is 119 cm³/mol. The number of likely N-dealkylation sites (tertiary alicyclic amines) is 1. The largest absolute Gasteiger partial charge is 0.446 e. The summed E-state index contributed by atoms with van der Waals surface area (Å²) in [6.07, 6.45) is 8.11. The van der Waals surface area contributed by atoms with Crippen molar-refractivity contribution in [1.29, 1.82) is 0 Å². The highest BCUT2D eigenvalue weighted by Crippen LogP contribution is 2.19. The topological polar surface area (TPSA) is 80.8 Å². The fourth-order valence-electron chi connectivity index (χ4n) is 4.46. The van der Waals surface area contributed by atoms with Crippen molar-refractivity contribution in [3.8, 4) is 0 Å². The van der Waals surface area contributed by atoms with Gasteiger partial charge in [0, 0.05) is 44.6 Å². The van der Waals surface area contributed by atoms with Crippen molar-refractivity contribution in [3.63, 3.8) is 0 Å². The minimum Gasteiger partial charge on any atom is -0.446 e. The molecule has 2 fully saturated rings. The zero-order valence-corrected chi connectivity index (χ0v) is 19.2. The molecule has 1 unspecified atom stereocenters. The van der Waals surface area contributed by atoms with E-state index in [2.05, 4.69) is 11.9 Å². The molecule has 0 saturated carbocycles. The fourth-order valence-corrected chi connectivity index (χ4v) is 4.46. The van der Waals surface area contributed by atoms with Crippen LogP contribution in [0.25, 0.3) is 0 Å². The van der Waals surface area contributed by atoms with E-state index < -0.39 is 0 Å². The van der Waals surface area contributed by atoms with Crippen molar-refractivity contribution in [1.82, 2.24) is 19.4 Å². The van der Waals surface area contributed by atoms with E-state index in [-0.39, 0.29) is 17.9 Å². The summed E-state index contributed by atoms with van der Waals surface area (Å²) in [5.74, 6) is 1.21. The Morgan fingerprint density at radius 2 is 2.06 bits per heavy atom. The highest BCUT2D eigenvalue weighted by Gasteiger charge is 2.25. The van der Waals surface area contributed by atoms with E-state index in [9.17, 15) is 9.59 Å². The molecule has 2 aromatic rings. The fraction of sp³-hybridized carbons (Fsp3) is 0.625. The first-order valence-electron chi connectivity index (χ1n) is 11.8. The van der Waals surface area contributed by atoms with Gasteiger partial charge in [-0.25, -0.2) is 4.98 Å². The lowest BCUT2D eigenvalue weighted by atomic mass is 9.99. The molecule has 2 amide bonds. The normalized spacial score (nSPS) is 19.4. The number of oxazole rings is 1. The standard InChI is InChI=1S/C24H34N4O4/c1-3-23(29)28(15-20-7-5-13-31-20)14-19-6-4-10-27(19)16-22-25-21(17-32-22)24(30)26-11-8-18(2)9-12-26/h4,6,10,17-18,20H,3,5,7-9,11-16H2,1-2H3. The van der Waals surface area contributed by atoms with Gasteiger partial charge in [-0.1, -0.05) is 13.8 Å². The third-order valence-corrected chi connectivity index (χ3v) is 6.53. The second-order valence-corrected chi connectivity index (χ2v) is 8.99. The summed E-state index contributed by atoms with van der Waals surface area (Å²) in [7, 11) is 0. The van der Waals surface area contributed by atoms with Crippen LogP contribution >= 0.6 is 0 Å². The van der Waals surface area contributed by atoms with Gasteiger partial charge in [0.2, 0.25) is 11.8 Å². The molecule has 8 heteroatoms. The SMILES string of the molecule is CCC(=O)N(Cc1cccn1Cc1nc(C(=O)N2CCC(C)CC2)co1)CC1CCCO1. The Kier molecular flexibility index (Phi) is 7.29. The lowest BCUT2D eigenvalue weighted by Gasteiger charge is -2.29. The molecule has 0 bridgehead atoms. The lowest BCUT2D eigenvalue weighted by molar-refractivity contribution is -0.133. The molecule has 2 saturated heterocycles. The van der Waals surface area contributed by atoms with E-state index in [0.29, 0.717) is 43.6 Å². The minimum atomic E-state index is -0.0593. The summed E-state index contributed by atoms with van der Waals surface area (Å²) < 4.78 is 13.4. The molecule has 32 heavy (non-hydrogen) atoms. The van der Waals surface area contributed by atoms with Crippen LogP contribution in [0.3, 0.4) is 0 Å². The van der Waals surface area contributed by atoms with E-state index >= 15 is 0 Å². The van der Waals surface area contributed by atoms with Crippen LogP contribution < -0.4 is 0 Å². The maximum Gasteiger partial charge on any atom is 0.275 e. The van der Waals surface area contributed by atoms with Gasteiger partial charge in [-0.15, -0.1) is 0 Å². The second kappa shape index (κ2) is 10.3. The zero-order valence-electron chi connectivity index (χ0n) is 19.2. The molecule has 0 aliphatic carbocycles. The van der Waals surface area contributed by atoms with Crippen LogP contribution in [0, 0.1) is 5.92 Å². The Bertz CT molecular complexity index is 907. The molecule has 0 spiro atoms. The maximum absolute atomic E-state index is 12.7. The Morgan fingerprint density at radius 1 is 1.25 bits per heavy atom. The van der Waals surface area contributed by atoms with Gasteiger partial charge < -0.3 is 23.5 Å². The van der Waals surface area contributed by atoms with Gasteiger partial charge in [0.1, 0.15) is 6.26 Å². The summed E-state index contributed by atoms with van der Waals surface area (Å²) in [5, 5.41) is 0. The van der Waals surface area contributed by atoms with E-state index in [1.54, 1.807) is 0 Å². The van der Waals surface area contributed by atoms with Gasteiger partial charge in [0.25, 0.3) is 5.91 Å². The number of ether oxygens (including phenoxy) is 1. The molecular weight excluding hydrogens is 408 g/mol. The average Bonchev–Trinajstić information content (AvgIpc) is 3.56. The molecule has 1 atom stereocenters. The van der Waals surface area contributed by atoms with Crippen LogP contribution in [0.1, 0.15) is 68.0 Å².